The Balaban J connectivity index is 1.57. The molecule has 4 heteroatoms. The third-order valence-corrected chi connectivity index (χ3v) is 4.54. The molecule has 0 spiro atoms. The van der Waals surface area contributed by atoms with Gasteiger partial charge >= 0.3 is 0 Å². The molecule has 1 atom stereocenters. The Hall–Kier alpha value is -2.33. The first kappa shape index (κ1) is 16.5. The van der Waals surface area contributed by atoms with Crippen molar-refractivity contribution >= 4 is 11.6 Å². The predicted octanol–water partition coefficient (Wildman–Crippen LogP) is 2.47. The SMILES string of the molecule is CN(C)C(C(=O)NCCN1CCc2ccccc21)c1ccccc1. The summed E-state index contributed by atoms with van der Waals surface area (Å²) >= 11 is 0. The normalized spacial score (nSPS) is 14.5. The van der Waals surface area contributed by atoms with E-state index in [1.165, 1.54) is 11.3 Å². The van der Waals surface area contributed by atoms with Crippen LogP contribution in [0.3, 0.4) is 0 Å². The lowest BCUT2D eigenvalue weighted by molar-refractivity contribution is -0.125. The van der Waals surface area contributed by atoms with Crippen LogP contribution in [0.5, 0.6) is 0 Å². The molecular weight excluding hydrogens is 298 g/mol. The molecule has 0 saturated carbocycles. The largest absolute Gasteiger partial charge is 0.369 e. The monoisotopic (exact) mass is 323 g/mol. The zero-order valence-corrected chi connectivity index (χ0v) is 14.4. The van der Waals surface area contributed by atoms with E-state index >= 15 is 0 Å². The van der Waals surface area contributed by atoms with Crippen LogP contribution in [0.2, 0.25) is 0 Å². The molecule has 0 aromatic heterocycles. The van der Waals surface area contributed by atoms with Crippen LogP contribution in [0.25, 0.3) is 0 Å². The van der Waals surface area contributed by atoms with E-state index in [2.05, 4.69) is 34.5 Å². The third-order valence-electron chi connectivity index (χ3n) is 4.54. The van der Waals surface area contributed by atoms with Gasteiger partial charge in [-0.05, 0) is 37.7 Å². The van der Waals surface area contributed by atoms with Crippen molar-refractivity contribution in [2.24, 2.45) is 0 Å². The Kier molecular flexibility index (Phi) is 5.16. The van der Waals surface area contributed by atoms with Gasteiger partial charge in [-0.15, -0.1) is 0 Å². The number of carbonyl (C=O) groups is 1. The van der Waals surface area contributed by atoms with Gasteiger partial charge in [0.05, 0.1) is 0 Å². The van der Waals surface area contributed by atoms with E-state index in [0.29, 0.717) is 6.54 Å². The molecule has 2 aromatic carbocycles. The molecule has 1 amide bonds. The first-order valence-corrected chi connectivity index (χ1v) is 8.49. The number of hydrogen-bond donors (Lipinski definition) is 1. The highest BCUT2D eigenvalue weighted by Gasteiger charge is 2.23. The van der Waals surface area contributed by atoms with Crippen molar-refractivity contribution in [3.05, 3.63) is 65.7 Å². The van der Waals surface area contributed by atoms with Crippen molar-refractivity contribution in [3.8, 4) is 0 Å². The van der Waals surface area contributed by atoms with Crippen molar-refractivity contribution in [2.45, 2.75) is 12.5 Å². The van der Waals surface area contributed by atoms with Crippen LogP contribution >= 0.6 is 0 Å². The highest BCUT2D eigenvalue weighted by atomic mass is 16.2. The summed E-state index contributed by atoms with van der Waals surface area (Å²) in [4.78, 5) is 16.9. The van der Waals surface area contributed by atoms with Crippen molar-refractivity contribution in [2.75, 3.05) is 38.6 Å². The van der Waals surface area contributed by atoms with Crippen molar-refractivity contribution in [3.63, 3.8) is 0 Å². The second-order valence-corrected chi connectivity index (χ2v) is 6.43. The van der Waals surface area contributed by atoms with Gasteiger partial charge in [0, 0.05) is 25.3 Å². The maximum absolute atomic E-state index is 12.6. The molecule has 4 nitrogen and oxygen atoms in total. The summed E-state index contributed by atoms with van der Waals surface area (Å²) in [6.07, 6.45) is 1.09. The van der Waals surface area contributed by atoms with Crippen LogP contribution in [0.15, 0.2) is 54.6 Å². The van der Waals surface area contributed by atoms with Gasteiger partial charge in [0.2, 0.25) is 5.91 Å². The van der Waals surface area contributed by atoms with E-state index in [-0.39, 0.29) is 11.9 Å². The number of anilines is 1. The lowest BCUT2D eigenvalue weighted by Gasteiger charge is -2.25. The summed E-state index contributed by atoms with van der Waals surface area (Å²) in [6, 6.07) is 18.2. The van der Waals surface area contributed by atoms with Gasteiger partial charge in [0.15, 0.2) is 0 Å². The fraction of sp³-hybridized carbons (Fsp3) is 0.350. The van der Waals surface area contributed by atoms with Crippen LogP contribution in [0, 0.1) is 0 Å². The molecular formula is C20H25N3O. The number of fused-ring (bicyclic) bond motifs is 1. The molecule has 0 fully saturated rings. The molecule has 2 aromatic rings. The highest BCUT2D eigenvalue weighted by molar-refractivity contribution is 5.83. The van der Waals surface area contributed by atoms with Crippen LogP contribution < -0.4 is 10.2 Å². The number of amides is 1. The number of hydrogen-bond acceptors (Lipinski definition) is 3. The number of para-hydroxylation sites is 1. The Morgan fingerprint density at radius 2 is 1.83 bits per heavy atom. The van der Waals surface area contributed by atoms with Crippen LogP contribution in [-0.4, -0.2) is 44.5 Å². The highest BCUT2D eigenvalue weighted by Crippen LogP contribution is 2.26. The predicted molar refractivity (Wildman–Crippen MR) is 98.2 cm³/mol. The third kappa shape index (κ3) is 3.60. The fourth-order valence-corrected chi connectivity index (χ4v) is 3.37. The molecule has 126 valence electrons. The van der Waals surface area contributed by atoms with E-state index in [1.807, 2.05) is 49.3 Å². The van der Waals surface area contributed by atoms with Gasteiger partial charge in [0.1, 0.15) is 6.04 Å². The van der Waals surface area contributed by atoms with E-state index < -0.39 is 0 Å². The minimum absolute atomic E-state index is 0.0543. The topological polar surface area (TPSA) is 35.6 Å². The average molecular weight is 323 g/mol. The second kappa shape index (κ2) is 7.49. The number of nitrogens with zero attached hydrogens (tertiary/aromatic N) is 2. The molecule has 1 unspecified atom stereocenters. The van der Waals surface area contributed by atoms with Gasteiger partial charge in [0.25, 0.3) is 0 Å². The molecule has 3 rings (SSSR count). The van der Waals surface area contributed by atoms with Crippen LogP contribution in [0.1, 0.15) is 17.2 Å². The summed E-state index contributed by atoms with van der Waals surface area (Å²) in [6.45, 7) is 2.53. The van der Waals surface area contributed by atoms with E-state index in [0.717, 1.165) is 25.1 Å². The van der Waals surface area contributed by atoms with Crippen molar-refractivity contribution in [1.82, 2.24) is 10.2 Å². The first-order valence-electron chi connectivity index (χ1n) is 8.49. The van der Waals surface area contributed by atoms with Gasteiger partial charge in [-0.1, -0.05) is 48.5 Å². The van der Waals surface area contributed by atoms with Gasteiger partial charge in [-0.25, -0.2) is 0 Å². The molecule has 0 bridgehead atoms. The Labute approximate surface area is 144 Å². The summed E-state index contributed by atoms with van der Waals surface area (Å²) in [5.74, 6) is 0.0543. The van der Waals surface area contributed by atoms with Crippen LogP contribution in [0.4, 0.5) is 5.69 Å². The Bertz CT molecular complexity index is 684. The average Bonchev–Trinajstić information content (AvgIpc) is 2.99. The number of nitrogens with one attached hydrogen (secondary N) is 1. The molecule has 1 aliphatic rings. The van der Waals surface area contributed by atoms with Gasteiger partial charge < -0.3 is 10.2 Å². The standard InChI is InChI=1S/C20H25N3O/c1-22(2)19(17-9-4-3-5-10-17)20(24)21-13-15-23-14-12-16-8-6-7-11-18(16)23/h3-11,19H,12-15H2,1-2H3,(H,21,24). The van der Waals surface area contributed by atoms with Crippen molar-refractivity contribution < 1.29 is 4.79 Å². The molecule has 24 heavy (non-hydrogen) atoms. The smallest absolute Gasteiger partial charge is 0.242 e. The maximum atomic E-state index is 12.6. The summed E-state index contributed by atoms with van der Waals surface area (Å²) < 4.78 is 0. The molecule has 1 heterocycles. The fourth-order valence-electron chi connectivity index (χ4n) is 3.37. The lowest BCUT2D eigenvalue weighted by Crippen LogP contribution is -2.40. The molecule has 1 aliphatic heterocycles. The van der Waals surface area contributed by atoms with Crippen molar-refractivity contribution in [1.29, 1.82) is 0 Å². The van der Waals surface area contributed by atoms with E-state index in [1.54, 1.807) is 0 Å². The quantitative estimate of drug-likeness (QED) is 0.887. The number of rotatable bonds is 6. The van der Waals surface area contributed by atoms with Crippen LogP contribution in [-0.2, 0) is 11.2 Å². The summed E-state index contributed by atoms with van der Waals surface area (Å²) in [7, 11) is 3.88. The molecule has 0 aliphatic carbocycles. The maximum Gasteiger partial charge on any atom is 0.242 e. The zero-order chi connectivity index (χ0) is 16.9. The molecule has 0 radical (unpaired) electrons. The van der Waals surface area contributed by atoms with E-state index in [9.17, 15) is 4.79 Å². The minimum atomic E-state index is -0.253. The Morgan fingerprint density at radius 1 is 1.12 bits per heavy atom. The van der Waals surface area contributed by atoms with E-state index in [4.69, 9.17) is 0 Å². The van der Waals surface area contributed by atoms with Gasteiger partial charge in [-0.3, -0.25) is 9.69 Å². The Morgan fingerprint density at radius 3 is 2.58 bits per heavy atom. The summed E-state index contributed by atoms with van der Waals surface area (Å²) in [5, 5.41) is 3.10. The van der Waals surface area contributed by atoms with Gasteiger partial charge in [-0.2, -0.15) is 0 Å². The zero-order valence-electron chi connectivity index (χ0n) is 14.4. The minimum Gasteiger partial charge on any atom is -0.369 e. The molecule has 1 N–H and O–H groups in total. The molecule has 0 saturated heterocycles. The number of carbonyl (C=O) groups excluding carboxylic acids is 1. The number of benzene rings is 2. The second-order valence-electron chi connectivity index (χ2n) is 6.43. The first-order chi connectivity index (χ1) is 11.7. The number of likely N-dealkylation sites (N-methyl/N-ethyl adjacent to an activating group) is 1. The lowest BCUT2D eigenvalue weighted by atomic mass is 10.1. The summed E-state index contributed by atoms with van der Waals surface area (Å²) in [5.41, 5.74) is 3.73.